The van der Waals surface area contributed by atoms with Crippen LogP contribution in [0.1, 0.15) is 13.3 Å². The Hall–Kier alpha value is -2.61. The van der Waals surface area contributed by atoms with Crippen molar-refractivity contribution in [1.82, 2.24) is 15.1 Å². The van der Waals surface area contributed by atoms with Gasteiger partial charge in [0.2, 0.25) is 5.88 Å². The number of rotatable bonds is 7. The van der Waals surface area contributed by atoms with Crippen LogP contribution in [0.2, 0.25) is 0 Å². The van der Waals surface area contributed by atoms with Crippen molar-refractivity contribution in [3.8, 4) is 11.6 Å². The lowest BCUT2D eigenvalue weighted by Crippen LogP contribution is -2.50. The van der Waals surface area contributed by atoms with Gasteiger partial charge in [0.1, 0.15) is 11.6 Å². The fraction of sp³-hybridized carbons (Fsp3) is 0.421. The van der Waals surface area contributed by atoms with Crippen molar-refractivity contribution in [3.63, 3.8) is 0 Å². The number of ether oxygens (including phenoxy) is 2. The summed E-state index contributed by atoms with van der Waals surface area (Å²) in [5.74, 6) is 1.34. The summed E-state index contributed by atoms with van der Waals surface area (Å²) in [7, 11) is 0. The number of amides is 1. The third-order valence-electron chi connectivity index (χ3n) is 4.21. The van der Waals surface area contributed by atoms with Gasteiger partial charge in [-0.1, -0.05) is 6.92 Å². The van der Waals surface area contributed by atoms with Crippen LogP contribution in [0.4, 0.5) is 10.2 Å². The zero-order valence-electron chi connectivity index (χ0n) is 15.7. The molecular formula is C19H24ClFN4O3. The molecule has 0 bridgehead atoms. The normalized spacial score (nSPS) is 13.6. The lowest BCUT2D eigenvalue weighted by Gasteiger charge is -2.35. The smallest absolute Gasteiger partial charge is 0.260 e. The molecule has 0 aliphatic carbocycles. The van der Waals surface area contributed by atoms with Crippen molar-refractivity contribution in [2.24, 2.45) is 0 Å². The lowest BCUT2D eigenvalue weighted by molar-refractivity contribution is -0.133. The maximum atomic E-state index is 12.9. The van der Waals surface area contributed by atoms with E-state index in [0.29, 0.717) is 44.4 Å². The van der Waals surface area contributed by atoms with Gasteiger partial charge in [-0.05, 0) is 36.8 Å². The molecular weight excluding hydrogens is 387 g/mol. The van der Waals surface area contributed by atoms with Gasteiger partial charge in [-0.3, -0.25) is 4.79 Å². The van der Waals surface area contributed by atoms with E-state index in [4.69, 9.17) is 9.47 Å². The van der Waals surface area contributed by atoms with E-state index in [2.05, 4.69) is 15.1 Å². The first-order valence-electron chi connectivity index (χ1n) is 9.03. The lowest BCUT2D eigenvalue weighted by atomic mass is 10.3. The SMILES string of the molecule is CCCOc1ccc(N2CCN(C(=O)COc3ccc(F)cc3)CC2)nn1.Cl. The number of benzene rings is 1. The molecule has 0 N–H and O–H groups in total. The molecule has 1 aromatic heterocycles. The fourth-order valence-electron chi connectivity index (χ4n) is 2.72. The molecule has 1 aromatic carbocycles. The molecule has 1 aliphatic rings. The standard InChI is InChI=1S/C19H23FN4O3.ClH/c1-2-13-26-18-8-7-17(21-22-18)23-9-11-24(12-10-23)19(25)14-27-16-5-3-15(20)4-6-16;/h3-8H,2,9-14H2,1H3;1H. The van der Waals surface area contributed by atoms with Crippen molar-refractivity contribution >= 4 is 24.1 Å². The number of nitrogens with zero attached hydrogens (tertiary/aromatic N) is 4. The van der Waals surface area contributed by atoms with Crippen LogP contribution in [0.5, 0.6) is 11.6 Å². The van der Waals surface area contributed by atoms with E-state index in [1.54, 1.807) is 4.90 Å². The van der Waals surface area contributed by atoms with Gasteiger partial charge in [-0.2, -0.15) is 0 Å². The van der Waals surface area contributed by atoms with Crippen LogP contribution >= 0.6 is 12.4 Å². The van der Waals surface area contributed by atoms with Gasteiger partial charge in [0.05, 0.1) is 6.61 Å². The number of carbonyl (C=O) groups is 1. The number of hydrogen-bond acceptors (Lipinski definition) is 6. The van der Waals surface area contributed by atoms with E-state index in [0.717, 1.165) is 12.2 Å². The van der Waals surface area contributed by atoms with E-state index in [9.17, 15) is 9.18 Å². The molecule has 0 spiro atoms. The van der Waals surface area contributed by atoms with Gasteiger partial charge in [0, 0.05) is 32.2 Å². The molecule has 2 aromatic rings. The Morgan fingerprint density at radius 1 is 1.04 bits per heavy atom. The van der Waals surface area contributed by atoms with Gasteiger partial charge >= 0.3 is 0 Å². The van der Waals surface area contributed by atoms with E-state index >= 15 is 0 Å². The van der Waals surface area contributed by atoms with E-state index in [1.807, 2.05) is 19.1 Å². The quantitative estimate of drug-likeness (QED) is 0.698. The first-order chi connectivity index (χ1) is 13.2. The van der Waals surface area contributed by atoms with Gasteiger partial charge in [-0.15, -0.1) is 22.6 Å². The average molecular weight is 411 g/mol. The predicted octanol–water partition coefficient (Wildman–Crippen LogP) is 2.55. The summed E-state index contributed by atoms with van der Waals surface area (Å²) in [5, 5.41) is 8.27. The Bertz CT molecular complexity index is 738. The zero-order valence-corrected chi connectivity index (χ0v) is 16.5. The number of carbonyl (C=O) groups excluding carboxylic acids is 1. The monoisotopic (exact) mass is 410 g/mol. The second-order valence-electron chi connectivity index (χ2n) is 6.19. The molecule has 7 nitrogen and oxygen atoms in total. The maximum absolute atomic E-state index is 12.9. The molecule has 1 aliphatic heterocycles. The van der Waals surface area contributed by atoms with E-state index in [1.165, 1.54) is 24.3 Å². The Balaban J connectivity index is 0.00000280. The highest BCUT2D eigenvalue weighted by Gasteiger charge is 2.22. The molecule has 0 atom stereocenters. The second-order valence-corrected chi connectivity index (χ2v) is 6.19. The Labute approximate surface area is 169 Å². The van der Waals surface area contributed by atoms with E-state index in [-0.39, 0.29) is 30.7 Å². The third-order valence-corrected chi connectivity index (χ3v) is 4.21. The summed E-state index contributed by atoms with van der Waals surface area (Å²) >= 11 is 0. The minimum Gasteiger partial charge on any atom is -0.484 e. The summed E-state index contributed by atoms with van der Waals surface area (Å²) in [6.45, 7) is 5.11. The summed E-state index contributed by atoms with van der Waals surface area (Å²) in [6.07, 6.45) is 0.921. The van der Waals surface area contributed by atoms with Gasteiger partial charge < -0.3 is 19.3 Å². The van der Waals surface area contributed by atoms with Crippen molar-refractivity contribution in [2.45, 2.75) is 13.3 Å². The van der Waals surface area contributed by atoms with Gasteiger partial charge in [0.15, 0.2) is 12.4 Å². The minimum absolute atomic E-state index is 0. The average Bonchev–Trinajstić information content (AvgIpc) is 2.72. The van der Waals surface area contributed by atoms with Crippen LogP contribution in [0.3, 0.4) is 0 Å². The Kier molecular flexibility index (Phi) is 8.25. The Morgan fingerprint density at radius 2 is 1.75 bits per heavy atom. The fourth-order valence-corrected chi connectivity index (χ4v) is 2.72. The van der Waals surface area contributed by atoms with Crippen LogP contribution in [-0.2, 0) is 4.79 Å². The molecule has 1 saturated heterocycles. The van der Waals surface area contributed by atoms with Crippen LogP contribution < -0.4 is 14.4 Å². The summed E-state index contributed by atoms with van der Waals surface area (Å²) in [5.41, 5.74) is 0. The first kappa shape index (κ1) is 21.7. The second kappa shape index (κ2) is 10.7. The predicted molar refractivity (Wildman–Crippen MR) is 106 cm³/mol. The summed E-state index contributed by atoms with van der Waals surface area (Å²) in [4.78, 5) is 16.1. The summed E-state index contributed by atoms with van der Waals surface area (Å²) in [6, 6.07) is 9.32. The highest BCUT2D eigenvalue weighted by atomic mass is 35.5. The molecule has 28 heavy (non-hydrogen) atoms. The molecule has 0 radical (unpaired) electrons. The molecule has 3 rings (SSSR count). The largest absolute Gasteiger partial charge is 0.484 e. The number of halogens is 2. The zero-order chi connectivity index (χ0) is 19.1. The molecule has 1 amide bonds. The molecule has 152 valence electrons. The highest BCUT2D eigenvalue weighted by Crippen LogP contribution is 2.16. The Morgan fingerprint density at radius 3 is 2.36 bits per heavy atom. The number of piperazine rings is 1. The molecule has 0 unspecified atom stereocenters. The molecule has 9 heteroatoms. The first-order valence-corrected chi connectivity index (χ1v) is 9.03. The maximum Gasteiger partial charge on any atom is 0.260 e. The van der Waals surface area contributed by atoms with Gasteiger partial charge in [0.25, 0.3) is 5.91 Å². The van der Waals surface area contributed by atoms with Crippen molar-refractivity contribution in [1.29, 1.82) is 0 Å². The summed E-state index contributed by atoms with van der Waals surface area (Å²) < 4.78 is 23.7. The van der Waals surface area contributed by atoms with Crippen molar-refractivity contribution in [2.75, 3.05) is 44.3 Å². The number of aromatic nitrogens is 2. The van der Waals surface area contributed by atoms with Crippen LogP contribution in [0.15, 0.2) is 36.4 Å². The third kappa shape index (κ3) is 5.95. The molecule has 1 fully saturated rings. The number of hydrogen-bond donors (Lipinski definition) is 0. The highest BCUT2D eigenvalue weighted by molar-refractivity contribution is 5.85. The van der Waals surface area contributed by atoms with Gasteiger partial charge in [-0.25, -0.2) is 4.39 Å². The van der Waals surface area contributed by atoms with Crippen LogP contribution in [-0.4, -0.2) is 60.4 Å². The topological polar surface area (TPSA) is 67.8 Å². The number of anilines is 1. The van der Waals surface area contributed by atoms with Crippen LogP contribution in [0, 0.1) is 5.82 Å². The van der Waals surface area contributed by atoms with Crippen LogP contribution in [0.25, 0.3) is 0 Å². The molecule has 0 saturated carbocycles. The van der Waals surface area contributed by atoms with E-state index < -0.39 is 0 Å². The molecule has 2 heterocycles. The minimum atomic E-state index is -0.335. The van der Waals surface area contributed by atoms with Crippen molar-refractivity contribution in [3.05, 3.63) is 42.2 Å². The van der Waals surface area contributed by atoms with Crippen molar-refractivity contribution < 1.29 is 18.7 Å².